The number of hydrogen-bond donors (Lipinski definition) is 1. The van der Waals surface area contributed by atoms with Gasteiger partial charge in [-0.3, -0.25) is 4.79 Å². The highest BCUT2D eigenvalue weighted by atomic mass is 32.1. The van der Waals surface area contributed by atoms with Crippen molar-refractivity contribution in [3.8, 4) is 0 Å². The molecule has 0 saturated heterocycles. The predicted octanol–water partition coefficient (Wildman–Crippen LogP) is 2.52. The molecule has 3 nitrogen and oxygen atoms in total. The number of carbonyl (C=O) groups excluding carboxylic acids is 1. The Kier molecular flexibility index (Phi) is 3.49. The van der Waals surface area contributed by atoms with Crippen molar-refractivity contribution in [1.82, 2.24) is 10.3 Å². The molecule has 2 heterocycles. The summed E-state index contributed by atoms with van der Waals surface area (Å²) in [5.74, 6) is -1.01. The number of hydrogen-bond acceptors (Lipinski definition) is 3. The monoisotopic (exact) mass is 250 g/mol. The van der Waals surface area contributed by atoms with E-state index in [0.717, 1.165) is 10.4 Å². The molecule has 0 spiro atoms. The van der Waals surface area contributed by atoms with Gasteiger partial charge in [0.2, 0.25) is 5.95 Å². The Labute approximate surface area is 102 Å². The second-order valence-corrected chi connectivity index (χ2v) is 4.56. The first-order valence-corrected chi connectivity index (χ1v) is 5.98. The van der Waals surface area contributed by atoms with Crippen molar-refractivity contribution in [2.24, 2.45) is 0 Å². The van der Waals surface area contributed by atoms with E-state index in [0.29, 0.717) is 6.54 Å². The van der Waals surface area contributed by atoms with Gasteiger partial charge >= 0.3 is 0 Å². The minimum Gasteiger partial charge on any atom is -0.346 e. The van der Waals surface area contributed by atoms with Gasteiger partial charge in [-0.05, 0) is 36.1 Å². The molecular weight excluding hydrogens is 239 g/mol. The lowest BCUT2D eigenvalue weighted by Gasteiger charge is -2.03. The van der Waals surface area contributed by atoms with E-state index in [2.05, 4.69) is 10.3 Å². The van der Waals surface area contributed by atoms with Crippen LogP contribution in [0.1, 0.15) is 20.9 Å². The van der Waals surface area contributed by atoms with Crippen LogP contribution in [-0.4, -0.2) is 10.9 Å². The summed E-state index contributed by atoms with van der Waals surface area (Å²) in [6, 6.07) is 6.15. The summed E-state index contributed by atoms with van der Waals surface area (Å²) >= 11 is 1.58. The second kappa shape index (κ2) is 5.05. The first kappa shape index (κ1) is 11.7. The summed E-state index contributed by atoms with van der Waals surface area (Å²) in [7, 11) is 0. The fraction of sp³-hybridized carbons (Fsp3) is 0.167. The molecule has 0 aliphatic rings. The van der Waals surface area contributed by atoms with E-state index in [1.54, 1.807) is 11.3 Å². The smallest absolute Gasteiger partial charge is 0.270 e. The van der Waals surface area contributed by atoms with Crippen LogP contribution >= 0.6 is 11.3 Å². The SMILES string of the molecule is Cc1ccsc1CNC(=O)c1cccc(F)n1. The summed E-state index contributed by atoms with van der Waals surface area (Å²) in [4.78, 5) is 16.3. The molecule has 0 bridgehead atoms. The highest BCUT2D eigenvalue weighted by molar-refractivity contribution is 7.10. The third-order valence-electron chi connectivity index (χ3n) is 2.33. The van der Waals surface area contributed by atoms with Gasteiger partial charge in [0.25, 0.3) is 5.91 Å². The molecule has 1 amide bonds. The molecule has 0 saturated carbocycles. The molecule has 2 aromatic heterocycles. The van der Waals surface area contributed by atoms with E-state index in [1.165, 1.54) is 18.2 Å². The number of thiophene rings is 1. The maximum atomic E-state index is 12.8. The highest BCUT2D eigenvalue weighted by Crippen LogP contribution is 2.14. The summed E-state index contributed by atoms with van der Waals surface area (Å²) < 4.78 is 12.8. The maximum Gasteiger partial charge on any atom is 0.270 e. The fourth-order valence-corrected chi connectivity index (χ4v) is 2.22. The third-order valence-corrected chi connectivity index (χ3v) is 3.35. The average Bonchev–Trinajstić information content (AvgIpc) is 2.72. The molecule has 5 heteroatoms. The highest BCUT2D eigenvalue weighted by Gasteiger charge is 2.08. The van der Waals surface area contributed by atoms with Crippen LogP contribution in [0.15, 0.2) is 29.6 Å². The lowest BCUT2D eigenvalue weighted by Crippen LogP contribution is -2.23. The van der Waals surface area contributed by atoms with Crippen molar-refractivity contribution in [3.63, 3.8) is 0 Å². The van der Waals surface area contributed by atoms with Crippen LogP contribution in [0.2, 0.25) is 0 Å². The zero-order valence-corrected chi connectivity index (χ0v) is 10.1. The Morgan fingerprint density at radius 3 is 2.94 bits per heavy atom. The Morgan fingerprint density at radius 2 is 2.29 bits per heavy atom. The standard InChI is InChI=1S/C12H11FN2OS/c1-8-5-6-17-10(8)7-14-12(16)9-3-2-4-11(13)15-9/h2-6H,7H2,1H3,(H,14,16). The molecule has 0 radical (unpaired) electrons. The first-order valence-electron chi connectivity index (χ1n) is 5.10. The van der Waals surface area contributed by atoms with Crippen molar-refractivity contribution in [2.75, 3.05) is 0 Å². The van der Waals surface area contributed by atoms with Crippen molar-refractivity contribution < 1.29 is 9.18 Å². The number of pyridine rings is 1. The van der Waals surface area contributed by atoms with Crippen LogP contribution in [0.3, 0.4) is 0 Å². The zero-order valence-electron chi connectivity index (χ0n) is 9.24. The summed E-state index contributed by atoms with van der Waals surface area (Å²) in [6.45, 7) is 2.43. The van der Waals surface area contributed by atoms with Crippen molar-refractivity contribution in [3.05, 3.63) is 51.7 Å². The number of rotatable bonds is 3. The van der Waals surface area contributed by atoms with Crippen LogP contribution < -0.4 is 5.32 Å². The van der Waals surface area contributed by atoms with Crippen LogP contribution in [-0.2, 0) is 6.54 Å². The Balaban J connectivity index is 2.01. The lowest BCUT2D eigenvalue weighted by atomic mass is 10.3. The fourth-order valence-electron chi connectivity index (χ4n) is 1.37. The minimum absolute atomic E-state index is 0.0965. The number of amides is 1. The summed E-state index contributed by atoms with van der Waals surface area (Å²) in [5.41, 5.74) is 1.24. The topological polar surface area (TPSA) is 42.0 Å². The molecule has 0 atom stereocenters. The summed E-state index contributed by atoms with van der Waals surface area (Å²) in [6.07, 6.45) is 0. The van der Waals surface area contributed by atoms with Crippen molar-refractivity contribution in [1.29, 1.82) is 0 Å². The van der Waals surface area contributed by atoms with Gasteiger partial charge in [0.1, 0.15) is 5.69 Å². The Morgan fingerprint density at radius 1 is 1.47 bits per heavy atom. The molecule has 0 aliphatic carbocycles. The first-order chi connectivity index (χ1) is 8.16. The molecule has 88 valence electrons. The van der Waals surface area contributed by atoms with Gasteiger partial charge in [0, 0.05) is 4.88 Å². The van der Waals surface area contributed by atoms with E-state index in [-0.39, 0.29) is 11.6 Å². The number of halogens is 1. The van der Waals surface area contributed by atoms with E-state index in [9.17, 15) is 9.18 Å². The normalized spacial score (nSPS) is 10.2. The van der Waals surface area contributed by atoms with Crippen LogP contribution in [0.25, 0.3) is 0 Å². The minimum atomic E-state index is -0.648. The number of aryl methyl sites for hydroxylation is 1. The molecule has 0 aliphatic heterocycles. The zero-order chi connectivity index (χ0) is 12.3. The second-order valence-electron chi connectivity index (χ2n) is 3.56. The predicted molar refractivity (Wildman–Crippen MR) is 64.4 cm³/mol. The third kappa shape index (κ3) is 2.88. The van der Waals surface area contributed by atoms with E-state index in [1.807, 2.05) is 18.4 Å². The lowest BCUT2D eigenvalue weighted by molar-refractivity contribution is 0.0945. The van der Waals surface area contributed by atoms with E-state index >= 15 is 0 Å². The maximum absolute atomic E-state index is 12.8. The van der Waals surface area contributed by atoms with E-state index < -0.39 is 5.95 Å². The quantitative estimate of drug-likeness (QED) is 0.850. The van der Waals surface area contributed by atoms with Gasteiger partial charge in [0.15, 0.2) is 0 Å². The molecule has 2 aromatic rings. The number of carbonyl (C=O) groups is 1. The molecule has 0 unspecified atom stereocenters. The van der Waals surface area contributed by atoms with Gasteiger partial charge in [-0.2, -0.15) is 4.39 Å². The van der Waals surface area contributed by atoms with Crippen LogP contribution in [0.4, 0.5) is 4.39 Å². The average molecular weight is 250 g/mol. The number of nitrogens with one attached hydrogen (secondary N) is 1. The van der Waals surface area contributed by atoms with Crippen molar-refractivity contribution >= 4 is 17.2 Å². The van der Waals surface area contributed by atoms with Crippen molar-refractivity contribution in [2.45, 2.75) is 13.5 Å². The van der Waals surface area contributed by atoms with Gasteiger partial charge in [0.05, 0.1) is 6.54 Å². The molecule has 17 heavy (non-hydrogen) atoms. The molecule has 0 fully saturated rings. The summed E-state index contributed by atoms with van der Waals surface area (Å²) in [5, 5.41) is 4.68. The largest absolute Gasteiger partial charge is 0.346 e. The number of aromatic nitrogens is 1. The molecule has 2 rings (SSSR count). The van der Waals surface area contributed by atoms with Crippen LogP contribution in [0.5, 0.6) is 0 Å². The molecular formula is C12H11FN2OS. The van der Waals surface area contributed by atoms with Gasteiger partial charge in [-0.15, -0.1) is 11.3 Å². The Bertz CT molecular complexity index is 539. The van der Waals surface area contributed by atoms with Crippen LogP contribution in [0, 0.1) is 12.9 Å². The Hall–Kier alpha value is -1.75. The molecule has 0 aromatic carbocycles. The van der Waals surface area contributed by atoms with Gasteiger partial charge < -0.3 is 5.32 Å². The van der Waals surface area contributed by atoms with Gasteiger partial charge in [-0.1, -0.05) is 6.07 Å². The number of nitrogens with zero attached hydrogens (tertiary/aromatic N) is 1. The molecule has 1 N–H and O–H groups in total. The van der Waals surface area contributed by atoms with E-state index in [4.69, 9.17) is 0 Å². The van der Waals surface area contributed by atoms with Gasteiger partial charge in [-0.25, -0.2) is 4.98 Å².